The maximum absolute atomic E-state index is 13.3. The van der Waals surface area contributed by atoms with Crippen LogP contribution >= 0.6 is 0 Å². The smallest absolute Gasteiger partial charge is 0.379 e. The van der Waals surface area contributed by atoms with Crippen LogP contribution in [0.2, 0.25) is 0 Å². The van der Waals surface area contributed by atoms with Gasteiger partial charge in [-0.2, -0.15) is 26.3 Å². The number of carbonyl (C=O) groups excluding carboxylic acids is 3. The molecule has 40 heavy (non-hydrogen) atoms. The molecular formula is C23H29F6N7O4. The van der Waals surface area contributed by atoms with Gasteiger partial charge in [0.15, 0.2) is 11.7 Å². The van der Waals surface area contributed by atoms with Crippen molar-refractivity contribution < 1.29 is 45.5 Å². The quantitative estimate of drug-likeness (QED) is 0.278. The number of nitrogens with zero attached hydrogens (tertiary/aromatic N) is 3. The third kappa shape index (κ3) is 6.93. The summed E-state index contributed by atoms with van der Waals surface area (Å²) < 4.78 is 84.6. The van der Waals surface area contributed by atoms with E-state index in [2.05, 4.69) is 21.0 Å². The van der Waals surface area contributed by atoms with Crippen LogP contribution < -0.4 is 26.4 Å². The molecule has 4 atom stereocenters. The number of hydrogen-bond acceptors (Lipinski definition) is 8. The SMILES string of the molecule is C[C@@H](COCCC(=O)N1CCN2c3ncc(C(F)(F)F)cc3NC(=O)CC2C1)NC1CNNC(=O)C1C(F)(F)F. The van der Waals surface area contributed by atoms with Crippen molar-refractivity contribution in [3.63, 3.8) is 0 Å². The molecule has 0 bridgehead atoms. The van der Waals surface area contributed by atoms with Crippen molar-refractivity contribution in [3.05, 3.63) is 17.8 Å². The van der Waals surface area contributed by atoms with Crippen LogP contribution in [-0.4, -0.2) is 91.3 Å². The van der Waals surface area contributed by atoms with E-state index in [-0.39, 0.29) is 69.6 Å². The van der Waals surface area contributed by atoms with Crippen molar-refractivity contribution in [3.8, 4) is 0 Å². The van der Waals surface area contributed by atoms with Gasteiger partial charge in [0.2, 0.25) is 17.7 Å². The molecule has 1 aromatic rings. The summed E-state index contributed by atoms with van der Waals surface area (Å²) in [5.41, 5.74) is 3.38. The van der Waals surface area contributed by atoms with E-state index in [1.807, 2.05) is 5.43 Å². The van der Waals surface area contributed by atoms with Crippen LogP contribution in [0.4, 0.5) is 37.8 Å². The zero-order valence-electron chi connectivity index (χ0n) is 21.4. The number of amides is 3. The highest BCUT2D eigenvalue weighted by atomic mass is 19.4. The molecule has 3 aliphatic rings. The van der Waals surface area contributed by atoms with Crippen molar-refractivity contribution in [1.82, 2.24) is 26.1 Å². The molecule has 4 heterocycles. The fraction of sp³-hybridized carbons (Fsp3) is 0.652. The highest BCUT2D eigenvalue weighted by Gasteiger charge is 2.51. The number of anilines is 2. The summed E-state index contributed by atoms with van der Waals surface area (Å²) in [6, 6.07) is -1.38. The van der Waals surface area contributed by atoms with Crippen molar-refractivity contribution >= 4 is 29.2 Å². The second-order valence-electron chi connectivity index (χ2n) is 9.92. The first-order valence-corrected chi connectivity index (χ1v) is 12.6. The molecule has 0 saturated carbocycles. The number of pyridine rings is 1. The van der Waals surface area contributed by atoms with E-state index in [1.165, 1.54) is 4.90 Å². The number of nitrogens with one attached hydrogen (secondary N) is 4. The number of hydrogen-bond donors (Lipinski definition) is 4. The number of ether oxygens (including phenoxy) is 1. The van der Waals surface area contributed by atoms with Crippen molar-refractivity contribution in [2.75, 3.05) is 49.6 Å². The summed E-state index contributed by atoms with van der Waals surface area (Å²) in [5, 5.41) is 5.21. The Morgan fingerprint density at radius 2 is 1.98 bits per heavy atom. The summed E-state index contributed by atoms with van der Waals surface area (Å²) >= 11 is 0. The lowest BCUT2D eigenvalue weighted by molar-refractivity contribution is -0.193. The van der Waals surface area contributed by atoms with Gasteiger partial charge in [-0.15, -0.1) is 0 Å². The number of halogens is 6. The predicted octanol–water partition coefficient (Wildman–Crippen LogP) is 1.03. The molecule has 2 fully saturated rings. The third-order valence-electron chi connectivity index (χ3n) is 6.89. The first-order chi connectivity index (χ1) is 18.7. The van der Waals surface area contributed by atoms with Crippen LogP contribution in [0.15, 0.2) is 12.3 Å². The minimum absolute atomic E-state index is 0.00504. The fourth-order valence-corrected chi connectivity index (χ4v) is 5.03. The van der Waals surface area contributed by atoms with E-state index < -0.39 is 53.8 Å². The van der Waals surface area contributed by atoms with Gasteiger partial charge in [-0.25, -0.2) is 10.4 Å². The molecule has 3 aliphatic heterocycles. The van der Waals surface area contributed by atoms with Gasteiger partial charge in [0.1, 0.15) is 0 Å². The van der Waals surface area contributed by atoms with Crippen molar-refractivity contribution in [2.45, 2.75) is 50.2 Å². The zero-order valence-corrected chi connectivity index (χ0v) is 21.4. The Morgan fingerprint density at radius 1 is 1.23 bits per heavy atom. The Hall–Kier alpha value is -3.18. The second-order valence-corrected chi connectivity index (χ2v) is 9.92. The average molecular weight is 582 g/mol. The molecule has 0 aromatic carbocycles. The van der Waals surface area contributed by atoms with Crippen LogP contribution in [0.5, 0.6) is 0 Å². The van der Waals surface area contributed by atoms with E-state index in [1.54, 1.807) is 11.8 Å². The minimum Gasteiger partial charge on any atom is -0.379 e. The zero-order chi connectivity index (χ0) is 29.2. The summed E-state index contributed by atoms with van der Waals surface area (Å²) in [5.74, 6) is -3.94. The standard InChI is InChI=1S/C23H29F6N7O4/c1-12(32-16-9-31-34-21(39)19(16)23(27,28)29)11-40-5-2-18(38)35-3-4-36-14(10-35)7-17(37)33-15-6-13(22(24,25)26)8-30-20(15)36/h6,8,12,14,16,19,31-32H,2-5,7,9-11H2,1H3,(H,33,37)(H,34,39)/t12-,14?,16?,19?/m0/s1. The highest BCUT2D eigenvalue weighted by molar-refractivity contribution is 5.96. The van der Waals surface area contributed by atoms with Crippen LogP contribution in [-0.2, 0) is 25.3 Å². The van der Waals surface area contributed by atoms with Crippen molar-refractivity contribution in [2.24, 2.45) is 5.92 Å². The molecular weight excluding hydrogens is 552 g/mol. The third-order valence-corrected chi connectivity index (χ3v) is 6.89. The van der Waals surface area contributed by atoms with E-state index in [9.17, 15) is 40.7 Å². The number of hydrazine groups is 1. The fourth-order valence-electron chi connectivity index (χ4n) is 5.03. The Morgan fingerprint density at radius 3 is 2.67 bits per heavy atom. The monoisotopic (exact) mass is 581 g/mol. The summed E-state index contributed by atoms with van der Waals surface area (Å²) in [7, 11) is 0. The number of aromatic nitrogens is 1. The Kier molecular flexibility index (Phi) is 8.75. The van der Waals surface area contributed by atoms with E-state index in [4.69, 9.17) is 4.74 Å². The van der Waals surface area contributed by atoms with Gasteiger partial charge in [-0.1, -0.05) is 0 Å². The number of alkyl halides is 6. The predicted molar refractivity (Wildman–Crippen MR) is 128 cm³/mol. The highest BCUT2D eigenvalue weighted by Crippen LogP contribution is 2.37. The molecule has 222 valence electrons. The molecule has 4 rings (SSSR count). The van der Waals surface area contributed by atoms with Crippen LogP contribution in [0.3, 0.4) is 0 Å². The Labute approximate surface area is 224 Å². The van der Waals surface area contributed by atoms with Gasteiger partial charge in [-0.05, 0) is 13.0 Å². The number of fused-ring (bicyclic) bond motifs is 3. The number of rotatable bonds is 7. The lowest BCUT2D eigenvalue weighted by Crippen LogP contribution is -2.64. The van der Waals surface area contributed by atoms with Gasteiger partial charge in [-0.3, -0.25) is 19.8 Å². The lowest BCUT2D eigenvalue weighted by Gasteiger charge is -2.41. The molecule has 2 saturated heterocycles. The Bertz CT molecular complexity index is 1120. The molecule has 0 radical (unpaired) electrons. The van der Waals surface area contributed by atoms with Gasteiger partial charge < -0.3 is 25.2 Å². The first kappa shape index (κ1) is 29.8. The minimum atomic E-state index is -4.72. The molecule has 3 amide bonds. The maximum Gasteiger partial charge on any atom is 0.417 e. The topological polar surface area (TPSA) is 128 Å². The molecule has 3 unspecified atom stereocenters. The number of piperazine rings is 1. The average Bonchev–Trinajstić information content (AvgIpc) is 2.99. The summed E-state index contributed by atoms with van der Waals surface area (Å²) in [6.07, 6.45) is -8.69. The molecule has 17 heteroatoms. The normalized spacial score (nSPS) is 24.4. The molecule has 11 nitrogen and oxygen atoms in total. The molecule has 4 N–H and O–H groups in total. The Balaban J connectivity index is 1.26. The largest absolute Gasteiger partial charge is 0.417 e. The maximum atomic E-state index is 13.3. The lowest BCUT2D eigenvalue weighted by atomic mass is 9.96. The van der Waals surface area contributed by atoms with Crippen LogP contribution in [0.25, 0.3) is 0 Å². The first-order valence-electron chi connectivity index (χ1n) is 12.6. The summed E-state index contributed by atoms with van der Waals surface area (Å²) in [6.45, 7) is 2.11. The van der Waals surface area contributed by atoms with Gasteiger partial charge in [0.05, 0.1) is 36.9 Å². The second kappa shape index (κ2) is 11.7. The van der Waals surface area contributed by atoms with Gasteiger partial charge >= 0.3 is 12.4 Å². The van der Waals surface area contributed by atoms with Gasteiger partial charge in [0, 0.05) is 50.9 Å². The van der Waals surface area contributed by atoms with Crippen LogP contribution in [0, 0.1) is 5.92 Å². The van der Waals surface area contributed by atoms with E-state index in [0.29, 0.717) is 6.20 Å². The van der Waals surface area contributed by atoms with E-state index >= 15 is 0 Å². The van der Waals surface area contributed by atoms with Crippen molar-refractivity contribution in [1.29, 1.82) is 0 Å². The van der Waals surface area contributed by atoms with Crippen LogP contribution in [0.1, 0.15) is 25.3 Å². The molecule has 0 spiro atoms. The molecule has 0 aliphatic carbocycles. The van der Waals surface area contributed by atoms with E-state index in [0.717, 1.165) is 6.07 Å². The number of carbonyl (C=O) groups is 3. The van der Waals surface area contributed by atoms with Gasteiger partial charge in [0.25, 0.3) is 0 Å². The summed E-state index contributed by atoms with van der Waals surface area (Å²) in [4.78, 5) is 44.0. The molecule has 1 aromatic heterocycles.